The van der Waals surface area contributed by atoms with Gasteiger partial charge in [0.1, 0.15) is 11.2 Å². The third-order valence-electron chi connectivity index (χ3n) is 11.9. The maximum absolute atomic E-state index is 6.89. The van der Waals surface area contributed by atoms with Crippen molar-refractivity contribution < 1.29 is 4.42 Å². The van der Waals surface area contributed by atoms with Crippen molar-refractivity contribution in [1.29, 1.82) is 0 Å². The predicted octanol–water partition coefficient (Wildman–Crippen LogP) is 13.4. The van der Waals surface area contributed by atoms with Crippen LogP contribution in [0, 0.1) is 0 Å². The number of furan rings is 1. The molecule has 2 aromatic heterocycles. The van der Waals surface area contributed by atoms with E-state index < -0.39 is 5.41 Å². The van der Waals surface area contributed by atoms with Crippen LogP contribution in [0.1, 0.15) is 22.3 Å². The smallest absolute Gasteiger partial charge is 0.161 e. The highest BCUT2D eigenvalue weighted by molar-refractivity contribution is 6.13. The molecule has 2 aliphatic rings. The second-order valence-corrected chi connectivity index (χ2v) is 14.8. The molecule has 56 heavy (non-hydrogen) atoms. The van der Waals surface area contributed by atoms with Crippen molar-refractivity contribution in [3.8, 4) is 67.3 Å². The molecule has 12 rings (SSSR count). The van der Waals surface area contributed by atoms with Crippen molar-refractivity contribution in [3.05, 3.63) is 216 Å². The van der Waals surface area contributed by atoms with E-state index in [4.69, 9.17) is 14.4 Å². The summed E-state index contributed by atoms with van der Waals surface area (Å²) < 4.78 is 6.89. The van der Waals surface area contributed by atoms with Crippen LogP contribution in [0.2, 0.25) is 0 Å². The van der Waals surface area contributed by atoms with E-state index in [2.05, 4.69) is 176 Å². The quantitative estimate of drug-likeness (QED) is 0.182. The fourth-order valence-electron chi connectivity index (χ4n) is 9.59. The van der Waals surface area contributed by atoms with E-state index in [0.29, 0.717) is 5.82 Å². The number of hydrogen-bond acceptors (Lipinski definition) is 3. The number of aromatic nitrogens is 2. The molecule has 260 valence electrons. The molecule has 0 radical (unpaired) electrons. The van der Waals surface area contributed by atoms with Gasteiger partial charge in [0.2, 0.25) is 0 Å². The number of benzene rings is 8. The summed E-state index contributed by atoms with van der Waals surface area (Å²) in [6.45, 7) is 0. The van der Waals surface area contributed by atoms with Crippen LogP contribution in [0.4, 0.5) is 0 Å². The van der Waals surface area contributed by atoms with Crippen molar-refractivity contribution in [1.82, 2.24) is 9.97 Å². The van der Waals surface area contributed by atoms with E-state index in [0.717, 1.165) is 61.1 Å². The maximum Gasteiger partial charge on any atom is 0.161 e. The standard InChI is InChI=1S/C53H32N2O/c1-3-15-33(16-4-1)47-32-48(34-17-5-2-6-18-34)55-52(54-47)42-30-29-41-40-22-10-14-26-49(40)56-51(41)50(42)35-27-28-39-38-21-9-13-25-45(38)53(46(39)31-35)43-23-11-7-19-36(43)37-20-8-12-24-44(37)53/h1-32H. The first kappa shape index (κ1) is 31.0. The number of para-hydroxylation sites is 1. The zero-order chi connectivity index (χ0) is 36.8. The zero-order valence-electron chi connectivity index (χ0n) is 30.3. The molecule has 2 heterocycles. The van der Waals surface area contributed by atoms with E-state index in [1.165, 1.54) is 44.5 Å². The van der Waals surface area contributed by atoms with E-state index >= 15 is 0 Å². The van der Waals surface area contributed by atoms with Gasteiger partial charge in [0.05, 0.1) is 16.8 Å². The summed E-state index contributed by atoms with van der Waals surface area (Å²) in [6, 6.07) is 69.4. The normalized spacial score (nSPS) is 13.1. The Labute approximate surface area is 324 Å². The lowest BCUT2D eigenvalue weighted by Crippen LogP contribution is -2.25. The molecule has 0 bridgehead atoms. The largest absolute Gasteiger partial charge is 0.455 e. The van der Waals surface area contributed by atoms with Crippen LogP contribution in [0.25, 0.3) is 89.2 Å². The second-order valence-electron chi connectivity index (χ2n) is 14.8. The molecular formula is C53H32N2O. The molecular weight excluding hydrogens is 681 g/mol. The Morgan fingerprint density at radius 2 is 0.857 bits per heavy atom. The van der Waals surface area contributed by atoms with Crippen molar-refractivity contribution in [2.45, 2.75) is 5.41 Å². The van der Waals surface area contributed by atoms with Gasteiger partial charge < -0.3 is 4.42 Å². The first-order valence-corrected chi connectivity index (χ1v) is 19.2. The molecule has 0 saturated heterocycles. The van der Waals surface area contributed by atoms with E-state index in [1.807, 2.05) is 18.2 Å². The Morgan fingerprint density at radius 1 is 0.357 bits per heavy atom. The molecule has 1 spiro atoms. The number of rotatable bonds is 4. The SMILES string of the molecule is c1ccc(-c2cc(-c3ccccc3)nc(-c3ccc4c(oc5ccccc54)c3-c3ccc4c(c3)C3(c5ccccc5-c5ccccc53)c3ccccc3-4)n2)cc1. The molecule has 2 aliphatic carbocycles. The molecule has 3 nitrogen and oxygen atoms in total. The lowest BCUT2D eigenvalue weighted by molar-refractivity contribution is 0.670. The van der Waals surface area contributed by atoms with Crippen molar-refractivity contribution in [3.63, 3.8) is 0 Å². The highest BCUT2D eigenvalue weighted by Crippen LogP contribution is 2.63. The molecule has 0 saturated carbocycles. The summed E-state index contributed by atoms with van der Waals surface area (Å²) in [4.78, 5) is 10.7. The minimum absolute atomic E-state index is 0.471. The Balaban J connectivity index is 1.18. The third kappa shape index (κ3) is 4.28. The van der Waals surface area contributed by atoms with Crippen LogP contribution in [0.3, 0.4) is 0 Å². The Kier molecular flexibility index (Phi) is 6.55. The summed E-state index contributed by atoms with van der Waals surface area (Å²) in [5, 5.41) is 2.15. The minimum atomic E-state index is -0.471. The summed E-state index contributed by atoms with van der Waals surface area (Å²) in [7, 11) is 0. The lowest BCUT2D eigenvalue weighted by atomic mass is 9.70. The minimum Gasteiger partial charge on any atom is -0.455 e. The van der Waals surface area contributed by atoms with Gasteiger partial charge in [-0.3, -0.25) is 0 Å². The summed E-state index contributed by atoms with van der Waals surface area (Å²) in [6.07, 6.45) is 0. The van der Waals surface area contributed by atoms with Gasteiger partial charge >= 0.3 is 0 Å². The first-order chi connectivity index (χ1) is 27.8. The van der Waals surface area contributed by atoms with Gasteiger partial charge in [0.25, 0.3) is 0 Å². The van der Waals surface area contributed by atoms with Crippen LogP contribution < -0.4 is 0 Å². The van der Waals surface area contributed by atoms with Crippen LogP contribution >= 0.6 is 0 Å². The molecule has 0 N–H and O–H groups in total. The number of nitrogens with zero attached hydrogens (tertiary/aromatic N) is 2. The van der Waals surface area contributed by atoms with Gasteiger partial charge in [0.15, 0.2) is 5.82 Å². The maximum atomic E-state index is 6.89. The summed E-state index contributed by atoms with van der Waals surface area (Å²) in [5.41, 5.74) is 18.3. The molecule has 0 atom stereocenters. The molecule has 10 aromatic rings. The summed E-state index contributed by atoms with van der Waals surface area (Å²) >= 11 is 0. The molecule has 0 amide bonds. The highest BCUT2D eigenvalue weighted by atomic mass is 16.3. The van der Waals surface area contributed by atoms with Gasteiger partial charge in [0, 0.05) is 33.0 Å². The fourth-order valence-corrected chi connectivity index (χ4v) is 9.59. The van der Waals surface area contributed by atoms with Crippen molar-refractivity contribution in [2.75, 3.05) is 0 Å². The van der Waals surface area contributed by atoms with Crippen LogP contribution in [-0.2, 0) is 5.41 Å². The van der Waals surface area contributed by atoms with Crippen LogP contribution in [0.15, 0.2) is 199 Å². The van der Waals surface area contributed by atoms with Crippen LogP contribution in [-0.4, -0.2) is 9.97 Å². The average Bonchev–Trinajstić information content (AvgIpc) is 3.90. The molecule has 3 heteroatoms. The van der Waals surface area contributed by atoms with E-state index in [9.17, 15) is 0 Å². The molecule has 0 unspecified atom stereocenters. The first-order valence-electron chi connectivity index (χ1n) is 19.2. The summed E-state index contributed by atoms with van der Waals surface area (Å²) in [5.74, 6) is 0.651. The predicted molar refractivity (Wildman–Crippen MR) is 227 cm³/mol. The van der Waals surface area contributed by atoms with Gasteiger partial charge in [-0.15, -0.1) is 0 Å². The monoisotopic (exact) mass is 712 g/mol. The van der Waals surface area contributed by atoms with Crippen LogP contribution in [0.5, 0.6) is 0 Å². The van der Waals surface area contributed by atoms with Gasteiger partial charge in [-0.25, -0.2) is 9.97 Å². The lowest BCUT2D eigenvalue weighted by Gasteiger charge is -2.30. The van der Waals surface area contributed by atoms with Gasteiger partial charge in [-0.1, -0.05) is 164 Å². The third-order valence-corrected chi connectivity index (χ3v) is 11.9. The Morgan fingerprint density at radius 3 is 1.46 bits per heavy atom. The zero-order valence-corrected chi connectivity index (χ0v) is 30.3. The number of fused-ring (bicyclic) bond motifs is 13. The Hall–Kier alpha value is -7.36. The number of hydrogen-bond donors (Lipinski definition) is 0. The fraction of sp³-hybridized carbons (Fsp3) is 0.0189. The topological polar surface area (TPSA) is 38.9 Å². The van der Waals surface area contributed by atoms with E-state index in [-0.39, 0.29) is 0 Å². The highest BCUT2D eigenvalue weighted by Gasteiger charge is 2.51. The molecule has 0 aliphatic heterocycles. The van der Waals surface area contributed by atoms with Crippen molar-refractivity contribution >= 4 is 21.9 Å². The van der Waals surface area contributed by atoms with E-state index in [1.54, 1.807) is 0 Å². The second kappa shape index (κ2) is 11.8. The molecule has 0 fully saturated rings. The van der Waals surface area contributed by atoms with Crippen molar-refractivity contribution in [2.24, 2.45) is 0 Å². The molecule has 8 aromatic carbocycles. The Bertz CT molecular complexity index is 3080. The average molecular weight is 713 g/mol. The van der Waals surface area contributed by atoms with Gasteiger partial charge in [-0.05, 0) is 80.4 Å². The van der Waals surface area contributed by atoms with Gasteiger partial charge in [-0.2, -0.15) is 0 Å².